The van der Waals surface area contributed by atoms with Gasteiger partial charge in [0.15, 0.2) is 0 Å². The molecule has 1 amide bonds. The van der Waals surface area contributed by atoms with E-state index in [1.165, 1.54) is 29.2 Å². The predicted octanol–water partition coefficient (Wildman–Crippen LogP) is 3.02. The molecule has 1 N–H and O–H groups in total. The van der Waals surface area contributed by atoms with Crippen LogP contribution in [-0.4, -0.2) is 16.8 Å². The van der Waals surface area contributed by atoms with Gasteiger partial charge in [-0.15, -0.1) is 0 Å². The van der Waals surface area contributed by atoms with E-state index < -0.39 is 17.5 Å². The van der Waals surface area contributed by atoms with Crippen LogP contribution in [0.5, 0.6) is 5.75 Å². The molecule has 106 valence electrons. The normalized spacial score (nSPS) is 13.7. The Kier molecular flexibility index (Phi) is 3.25. The number of phenols is 1. The Morgan fingerprint density at radius 2 is 1.81 bits per heavy atom. The number of benzene rings is 2. The Hall–Kier alpha value is -2.21. The number of anilines is 1. The quantitative estimate of drug-likeness (QED) is 0.847. The van der Waals surface area contributed by atoms with Crippen molar-refractivity contribution < 1.29 is 19.1 Å². The molecule has 0 radical (unpaired) electrons. The number of carbonyl (C=O) groups is 2. The largest absolute Gasteiger partial charge is 0.508 e. The van der Waals surface area contributed by atoms with Crippen LogP contribution in [0.4, 0.5) is 10.1 Å². The van der Waals surface area contributed by atoms with Gasteiger partial charge in [-0.25, -0.2) is 4.39 Å². The second-order valence-corrected chi connectivity index (χ2v) is 5.52. The van der Waals surface area contributed by atoms with E-state index in [4.69, 9.17) is 0 Å². The first kappa shape index (κ1) is 13.8. The highest BCUT2D eigenvalue weighted by Gasteiger charge is 2.36. The highest BCUT2D eigenvalue weighted by atomic mass is 79.9. The fourth-order valence-corrected chi connectivity index (χ4v) is 2.57. The van der Waals surface area contributed by atoms with Gasteiger partial charge in [-0.1, -0.05) is 12.1 Å². The van der Waals surface area contributed by atoms with Gasteiger partial charge in [-0.3, -0.25) is 9.59 Å². The summed E-state index contributed by atoms with van der Waals surface area (Å²) >= 11 is 3.01. The van der Waals surface area contributed by atoms with Crippen molar-refractivity contribution in [2.24, 2.45) is 0 Å². The number of amides is 1. The standard InChI is InChI=1S/C15H9BrFNO3/c16-11-5-10-13(6-12(11)17)18(15(21)14(10)20)7-8-1-3-9(19)4-2-8/h1-6,19H,7H2. The number of rotatable bonds is 2. The van der Waals surface area contributed by atoms with Crippen LogP contribution in [0.2, 0.25) is 0 Å². The van der Waals surface area contributed by atoms with E-state index in [2.05, 4.69) is 15.9 Å². The SMILES string of the molecule is O=C1C(=O)N(Cc2ccc(O)cc2)c2cc(F)c(Br)cc21. The first-order valence-corrected chi connectivity index (χ1v) is 6.90. The Morgan fingerprint density at radius 3 is 2.48 bits per heavy atom. The number of nitrogens with zero attached hydrogens (tertiary/aromatic N) is 1. The molecule has 1 aliphatic heterocycles. The molecule has 0 bridgehead atoms. The predicted molar refractivity (Wildman–Crippen MR) is 77.7 cm³/mol. The molecule has 0 saturated heterocycles. The molecule has 1 heterocycles. The molecule has 0 aliphatic carbocycles. The van der Waals surface area contributed by atoms with Crippen molar-refractivity contribution >= 4 is 33.3 Å². The summed E-state index contributed by atoms with van der Waals surface area (Å²) in [6, 6.07) is 8.74. The van der Waals surface area contributed by atoms with Crippen molar-refractivity contribution in [1.29, 1.82) is 0 Å². The van der Waals surface area contributed by atoms with Crippen LogP contribution in [0.3, 0.4) is 0 Å². The number of Topliss-reactive ketones (excluding diaryl/α,β-unsaturated/α-hetero) is 1. The van der Waals surface area contributed by atoms with Crippen molar-refractivity contribution in [1.82, 2.24) is 0 Å². The van der Waals surface area contributed by atoms with E-state index in [9.17, 15) is 19.1 Å². The number of phenolic OH excluding ortho intramolecular Hbond substituents is 1. The fourth-order valence-electron chi connectivity index (χ4n) is 2.23. The third kappa shape index (κ3) is 2.31. The summed E-state index contributed by atoms with van der Waals surface area (Å²) in [5, 5.41) is 9.25. The Bertz CT molecular complexity index is 758. The highest BCUT2D eigenvalue weighted by Crippen LogP contribution is 2.34. The molecule has 0 saturated carbocycles. The summed E-state index contributed by atoms with van der Waals surface area (Å²) in [6.07, 6.45) is 0. The van der Waals surface area contributed by atoms with Crippen molar-refractivity contribution in [2.75, 3.05) is 4.90 Å². The second kappa shape index (κ2) is 4.96. The number of ketones is 1. The molecular formula is C15H9BrFNO3. The Balaban J connectivity index is 2.01. The monoisotopic (exact) mass is 349 g/mol. The van der Waals surface area contributed by atoms with Gasteiger partial charge in [0, 0.05) is 0 Å². The lowest BCUT2D eigenvalue weighted by Gasteiger charge is -2.16. The summed E-state index contributed by atoms with van der Waals surface area (Å²) in [6.45, 7) is 0.138. The van der Waals surface area contributed by atoms with Gasteiger partial charge in [-0.2, -0.15) is 0 Å². The van der Waals surface area contributed by atoms with Crippen molar-refractivity contribution in [2.45, 2.75) is 6.54 Å². The van der Waals surface area contributed by atoms with Crippen LogP contribution >= 0.6 is 15.9 Å². The van der Waals surface area contributed by atoms with Crippen LogP contribution in [0, 0.1) is 5.82 Å². The van der Waals surface area contributed by atoms with Crippen LogP contribution in [0.25, 0.3) is 0 Å². The summed E-state index contributed by atoms with van der Waals surface area (Å²) in [5.41, 5.74) is 1.18. The topological polar surface area (TPSA) is 57.6 Å². The van der Waals surface area contributed by atoms with Crippen LogP contribution in [0.1, 0.15) is 15.9 Å². The molecule has 1 aliphatic rings. The molecule has 0 aromatic heterocycles. The number of fused-ring (bicyclic) bond motifs is 1. The molecule has 0 spiro atoms. The maximum absolute atomic E-state index is 13.7. The Morgan fingerprint density at radius 1 is 1.14 bits per heavy atom. The van der Waals surface area contributed by atoms with Crippen molar-refractivity contribution in [3.63, 3.8) is 0 Å². The van der Waals surface area contributed by atoms with Gasteiger partial charge in [0.25, 0.3) is 11.7 Å². The lowest BCUT2D eigenvalue weighted by Crippen LogP contribution is -2.29. The van der Waals surface area contributed by atoms with Gasteiger partial charge in [0.2, 0.25) is 0 Å². The van der Waals surface area contributed by atoms with E-state index in [0.29, 0.717) is 0 Å². The fraction of sp³-hybridized carbons (Fsp3) is 0.0667. The smallest absolute Gasteiger partial charge is 0.299 e. The molecule has 6 heteroatoms. The molecule has 4 nitrogen and oxygen atoms in total. The van der Waals surface area contributed by atoms with Crippen LogP contribution in [-0.2, 0) is 11.3 Å². The van der Waals surface area contributed by atoms with E-state index >= 15 is 0 Å². The minimum absolute atomic E-state index is 0.109. The van der Waals surface area contributed by atoms with E-state index in [1.54, 1.807) is 12.1 Å². The van der Waals surface area contributed by atoms with Gasteiger partial charge >= 0.3 is 0 Å². The Labute approximate surface area is 127 Å². The lowest BCUT2D eigenvalue weighted by atomic mass is 10.1. The molecule has 2 aromatic rings. The molecule has 2 aromatic carbocycles. The van der Waals surface area contributed by atoms with Gasteiger partial charge in [-0.05, 0) is 45.8 Å². The van der Waals surface area contributed by atoms with Crippen molar-refractivity contribution in [3.05, 3.63) is 57.8 Å². The van der Waals surface area contributed by atoms with Crippen molar-refractivity contribution in [3.8, 4) is 5.75 Å². The minimum atomic E-state index is -0.685. The molecular weight excluding hydrogens is 341 g/mol. The van der Waals surface area contributed by atoms with Crippen LogP contribution < -0.4 is 4.90 Å². The zero-order valence-electron chi connectivity index (χ0n) is 10.6. The van der Waals surface area contributed by atoms with Crippen LogP contribution in [0.15, 0.2) is 40.9 Å². The third-order valence-electron chi connectivity index (χ3n) is 3.29. The number of hydrogen-bond acceptors (Lipinski definition) is 3. The first-order valence-electron chi connectivity index (χ1n) is 6.10. The lowest BCUT2D eigenvalue weighted by molar-refractivity contribution is -0.114. The molecule has 3 rings (SSSR count). The number of halogens is 2. The van der Waals surface area contributed by atoms with E-state index in [-0.39, 0.29) is 28.0 Å². The molecule has 21 heavy (non-hydrogen) atoms. The third-order valence-corrected chi connectivity index (χ3v) is 3.90. The molecule has 0 fully saturated rings. The summed E-state index contributed by atoms with van der Waals surface area (Å²) < 4.78 is 13.8. The van der Waals surface area contributed by atoms with Gasteiger partial charge < -0.3 is 10.0 Å². The van der Waals surface area contributed by atoms with E-state index in [1.807, 2.05) is 0 Å². The zero-order chi connectivity index (χ0) is 15.1. The zero-order valence-corrected chi connectivity index (χ0v) is 12.2. The van der Waals surface area contributed by atoms with Gasteiger partial charge in [0.05, 0.1) is 22.3 Å². The maximum atomic E-state index is 13.7. The summed E-state index contributed by atoms with van der Waals surface area (Å²) in [4.78, 5) is 25.2. The average Bonchev–Trinajstić information content (AvgIpc) is 2.67. The maximum Gasteiger partial charge on any atom is 0.299 e. The number of aromatic hydroxyl groups is 1. The second-order valence-electron chi connectivity index (χ2n) is 4.67. The highest BCUT2D eigenvalue weighted by molar-refractivity contribution is 9.10. The summed E-state index contributed by atoms with van der Waals surface area (Å²) in [5.74, 6) is -1.76. The average molecular weight is 350 g/mol. The molecule has 0 unspecified atom stereocenters. The first-order chi connectivity index (χ1) is 9.97. The number of carbonyl (C=O) groups excluding carboxylic acids is 2. The minimum Gasteiger partial charge on any atom is -0.508 e. The van der Waals surface area contributed by atoms with E-state index in [0.717, 1.165) is 5.56 Å². The summed E-state index contributed by atoms with van der Waals surface area (Å²) in [7, 11) is 0. The van der Waals surface area contributed by atoms with Gasteiger partial charge in [0.1, 0.15) is 11.6 Å². The number of hydrogen-bond donors (Lipinski definition) is 1. The molecule has 0 atom stereocenters.